The number of β-amino-alcohol motifs (C(OH)–C–C–N with tert-alkyl or cyclic N) is 1. The number of hydrogen-bond donors (Lipinski definition) is 1. The molecular weight excluding hydrogens is 297 g/mol. The zero-order chi connectivity index (χ0) is 16.2. The minimum absolute atomic E-state index is 0.286. The van der Waals surface area contributed by atoms with Crippen LogP contribution in [0.2, 0.25) is 0 Å². The van der Waals surface area contributed by atoms with Crippen molar-refractivity contribution in [2.45, 2.75) is 32.4 Å². The number of hydrogen-bond acceptors (Lipinski definition) is 5. The molecule has 1 aromatic heterocycles. The van der Waals surface area contributed by atoms with Crippen molar-refractivity contribution in [1.82, 2.24) is 25.1 Å². The maximum atomic E-state index is 13.2. The van der Waals surface area contributed by atoms with Gasteiger partial charge in [-0.25, -0.2) is 4.39 Å². The van der Waals surface area contributed by atoms with Crippen LogP contribution >= 0.6 is 0 Å². The predicted octanol–water partition coefficient (Wildman–Crippen LogP) is 1.57. The van der Waals surface area contributed by atoms with Gasteiger partial charge >= 0.3 is 0 Å². The minimum atomic E-state index is -0.544. The maximum Gasteiger partial charge on any atom is 0.205 e. The summed E-state index contributed by atoms with van der Waals surface area (Å²) in [7, 11) is 0. The summed E-state index contributed by atoms with van der Waals surface area (Å²) in [6.45, 7) is 5.22. The Kier molecular flexibility index (Phi) is 4.97. The van der Waals surface area contributed by atoms with Crippen LogP contribution in [0, 0.1) is 11.7 Å². The van der Waals surface area contributed by atoms with Crippen molar-refractivity contribution < 1.29 is 9.50 Å². The Morgan fingerprint density at radius 3 is 2.83 bits per heavy atom. The number of aliphatic hydroxyl groups is 1. The largest absolute Gasteiger partial charge is 0.390 e. The smallest absolute Gasteiger partial charge is 0.205 e. The molecule has 1 aliphatic heterocycles. The normalized spacial score (nSPS) is 18.2. The lowest BCUT2D eigenvalue weighted by atomic mass is 9.99. The van der Waals surface area contributed by atoms with E-state index in [0.717, 1.165) is 19.0 Å². The Labute approximate surface area is 134 Å². The van der Waals surface area contributed by atoms with Crippen LogP contribution in [-0.4, -0.2) is 56.0 Å². The van der Waals surface area contributed by atoms with Crippen molar-refractivity contribution in [3.63, 3.8) is 0 Å². The summed E-state index contributed by atoms with van der Waals surface area (Å²) in [4.78, 5) is 3.65. The van der Waals surface area contributed by atoms with Crippen LogP contribution in [-0.2, 0) is 6.54 Å². The first-order valence-corrected chi connectivity index (χ1v) is 8.04. The number of halogens is 1. The second-order valence-corrected chi connectivity index (χ2v) is 6.32. The molecule has 2 aromatic rings. The Morgan fingerprint density at radius 1 is 1.30 bits per heavy atom. The second kappa shape index (κ2) is 7.14. The van der Waals surface area contributed by atoms with Gasteiger partial charge in [0.2, 0.25) is 5.82 Å². The lowest BCUT2D eigenvalue weighted by Gasteiger charge is -2.31. The maximum absolute atomic E-state index is 13.2. The van der Waals surface area contributed by atoms with Gasteiger partial charge in [-0.1, -0.05) is 19.1 Å². The minimum Gasteiger partial charge on any atom is -0.390 e. The van der Waals surface area contributed by atoms with E-state index in [1.807, 2.05) is 0 Å². The van der Waals surface area contributed by atoms with E-state index in [1.54, 1.807) is 12.1 Å². The van der Waals surface area contributed by atoms with Crippen molar-refractivity contribution in [2.75, 3.05) is 19.6 Å². The van der Waals surface area contributed by atoms with Crippen LogP contribution in [0.1, 0.15) is 19.8 Å². The lowest BCUT2D eigenvalue weighted by molar-refractivity contribution is 0.0743. The molecule has 1 fully saturated rings. The highest BCUT2D eigenvalue weighted by Crippen LogP contribution is 2.17. The summed E-state index contributed by atoms with van der Waals surface area (Å²) in [5.41, 5.74) is 0.579. The summed E-state index contributed by atoms with van der Waals surface area (Å²) in [6, 6.07) is 6.08. The van der Waals surface area contributed by atoms with Crippen molar-refractivity contribution in [3.8, 4) is 11.4 Å². The van der Waals surface area contributed by atoms with Gasteiger partial charge in [-0.2, -0.15) is 4.80 Å². The fourth-order valence-corrected chi connectivity index (χ4v) is 2.85. The zero-order valence-corrected chi connectivity index (χ0v) is 13.3. The summed E-state index contributed by atoms with van der Waals surface area (Å²) in [5.74, 6) is 0.802. The lowest BCUT2D eigenvalue weighted by Crippen LogP contribution is -2.40. The Hall–Kier alpha value is -1.86. The topological polar surface area (TPSA) is 67.1 Å². The van der Waals surface area contributed by atoms with E-state index in [4.69, 9.17) is 0 Å². The first-order valence-electron chi connectivity index (χ1n) is 8.04. The number of tetrazole rings is 1. The molecule has 0 unspecified atom stereocenters. The number of aliphatic hydroxyl groups excluding tert-OH is 1. The van der Waals surface area contributed by atoms with Crippen LogP contribution in [0.5, 0.6) is 0 Å². The van der Waals surface area contributed by atoms with Gasteiger partial charge in [0.05, 0.1) is 12.6 Å². The quantitative estimate of drug-likeness (QED) is 0.906. The van der Waals surface area contributed by atoms with Gasteiger partial charge in [0.1, 0.15) is 5.82 Å². The van der Waals surface area contributed by atoms with Crippen molar-refractivity contribution >= 4 is 0 Å². The van der Waals surface area contributed by atoms with Crippen LogP contribution < -0.4 is 0 Å². The summed E-state index contributed by atoms with van der Waals surface area (Å²) in [6.07, 6.45) is 1.81. The molecule has 0 bridgehead atoms. The highest BCUT2D eigenvalue weighted by Gasteiger charge is 2.19. The monoisotopic (exact) mass is 319 g/mol. The van der Waals surface area contributed by atoms with Gasteiger partial charge in [-0.15, -0.1) is 10.2 Å². The highest BCUT2D eigenvalue weighted by atomic mass is 19.1. The van der Waals surface area contributed by atoms with Crippen molar-refractivity contribution in [3.05, 3.63) is 30.1 Å². The fraction of sp³-hybridized carbons (Fsp3) is 0.562. The highest BCUT2D eigenvalue weighted by molar-refractivity contribution is 5.53. The molecule has 0 spiro atoms. The molecule has 0 radical (unpaired) electrons. The van der Waals surface area contributed by atoms with E-state index >= 15 is 0 Å². The number of rotatable bonds is 5. The molecule has 3 rings (SSSR count). The molecule has 1 aliphatic rings. The fourth-order valence-electron chi connectivity index (χ4n) is 2.85. The van der Waals surface area contributed by atoms with Crippen LogP contribution in [0.3, 0.4) is 0 Å². The van der Waals surface area contributed by atoms with Crippen LogP contribution in [0.4, 0.5) is 4.39 Å². The van der Waals surface area contributed by atoms with E-state index in [0.29, 0.717) is 17.9 Å². The van der Waals surface area contributed by atoms with Crippen molar-refractivity contribution in [1.29, 1.82) is 0 Å². The number of piperidine rings is 1. The summed E-state index contributed by atoms with van der Waals surface area (Å²) >= 11 is 0. The van der Waals surface area contributed by atoms with Gasteiger partial charge in [-0.05, 0) is 49.2 Å². The van der Waals surface area contributed by atoms with E-state index in [-0.39, 0.29) is 12.4 Å². The molecule has 1 atom stereocenters. The van der Waals surface area contributed by atoms with Gasteiger partial charge in [-0.3, -0.25) is 0 Å². The van der Waals surface area contributed by atoms with Gasteiger partial charge in [0, 0.05) is 12.1 Å². The third-order valence-corrected chi connectivity index (χ3v) is 4.25. The average Bonchev–Trinajstić information content (AvgIpc) is 2.98. The first kappa shape index (κ1) is 16.0. The Bertz CT molecular complexity index is 639. The molecule has 1 aromatic carbocycles. The number of aromatic nitrogens is 4. The standard InChI is InChI=1S/C16H22FN5O/c1-12-5-7-21(8-6-12)10-15(23)11-22-19-16(18-20-22)13-3-2-4-14(17)9-13/h2-4,9,12,15,23H,5-8,10-11H2,1H3/t15-/m1/s1. The zero-order valence-electron chi connectivity index (χ0n) is 13.3. The number of benzene rings is 1. The molecule has 0 saturated carbocycles. The van der Waals surface area contributed by atoms with Gasteiger partial charge in [0.25, 0.3) is 0 Å². The molecular formula is C16H22FN5O. The van der Waals surface area contributed by atoms with E-state index < -0.39 is 6.10 Å². The Morgan fingerprint density at radius 2 is 2.09 bits per heavy atom. The third-order valence-electron chi connectivity index (χ3n) is 4.25. The predicted molar refractivity (Wildman–Crippen MR) is 84.1 cm³/mol. The number of likely N-dealkylation sites (tertiary alicyclic amines) is 1. The molecule has 1 N–H and O–H groups in total. The molecule has 7 heteroatoms. The average molecular weight is 319 g/mol. The van der Waals surface area contributed by atoms with E-state index in [2.05, 4.69) is 27.2 Å². The molecule has 1 saturated heterocycles. The molecule has 0 aliphatic carbocycles. The first-order chi connectivity index (χ1) is 11.1. The summed E-state index contributed by atoms with van der Waals surface area (Å²) in [5, 5.41) is 22.3. The number of nitrogens with zero attached hydrogens (tertiary/aromatic N) is 5. The van der Waals surface area contributed by atoms with Gasteiger partial charge < -0.3 is 10.0 Å². The molecule has 2 heterocycles. The van der Waals surface area contributed by atoms with Crippen molar-refractivity contribution in [2.24, 2.45) is 5.92 Å². The molecule has 124 valence electrons. The van der Waals surface area contributed by atoms with Gasteiger partial charge in [0.15, 0.2) is 0 Å². The van der Waals surface area contributed by atoms with Crippen LogP contribution in [0.25, 0.3) is 11.4 Å². The SMILES string of the molecule is CC1CCN(C[C@@H](O)Cn2nnc(-c3cccc(F)c3)n2)CC1. The molecule has 23 heavy (non-hydrogen) atoms. The summed E-state index contributed by atoms with van der Waals surface area (Å²) < 4.78 is 13.2. The Balaban J connectivity index is 1.56. The molecule has 0 amide bonds. The van der Waals surface area contributed by atoms with E-state index in [1.165, 1.54) is 29.8 Å². The third kappa shape index (κ3) is 4.33. The molecule has 6 nitrogen and oxygen atoms in total. The van der Waals surface area contributed by atoms with Crippen LogP contribution in [0.15, 0.2) is 24.3 Å². The van der Waals surface area contributed by atoms with E-state index in [9.17, 15) is 9.50 Å². The second-order valence-electron chi connectivity index (χ2n) is 6.32.